The third-order valence-corrected chi connectivity index (χ3v) is 3.37. The Hall–Kier alpha value is -1.52. The maximum atomic E-state index is 13.7. The average molecular weight is 300 g/mol. The summed E-state index contributed by atoms with van der Waals surface area (Å²) in [6, 6.07) is 5.61. The first-order chi connectivity index (χ1) is 9.38. The fourth-order valence-corrected chi connectivity index (χ4v) is 2.16. The lowest BCUT2D eigenvalue weighted by molar-refractivity contribution is 0.543. The Balaban J connectivity index is 2.28. The van der Waals surface area contributed by atoms with E-state index < -0.39 is 23.5 Å². The minimum absolute atomic E-state index is 0.102. The molecule has 1 unspecified atom stereocenters. The summed E-state index contributed by atoms with van der Waals surface area (Å²) in [7, 11) is 0. The normalized spacial score (nSPS) is 12.5. The van der Waals surface area contributed by atoms with Crippen LogP contribution in [-0.4, -0.2) is 0 Å². The lowest BCUT2D eigenvalue weighted by atomic mass is 9.97. The topological polar surface area (TPSA) is 26.0 Å². The fourth-order valence-electron chi connectivity index (χ4n) is 2.00. The predicted octanol–water partition coefficient (Wildman–Crippen LogP) is 4.31. The Morgan fingerprint density at radius 1 is 1.05 bits per heavy atom. The number of aryl methyl sites for hydroxylation is 1. The van der Waals surface area contributed by atoms with E-state index in [0.717, 1.165) is 6.07 Å². The summed E-state index contributed by atoms with van der Waals surface area (Å²) in [4.78, 5) is 0. The second-order valence-electron chi connectivity index (χ2n) is 4.67. The molecule has 0 bridgehead atoms. The van der Waals surface area contributed by atoms with E-state index in [0.29, 0.717) is 11.1 Å². The zero-order chi connectivity index (χ0) is 14.9. The van der Waals surface area contributed by atoms with Gasteiger partial charge in [-0.25, -0.2) is 13.2 Å². The summed E-state index contributed by atoms with van der Waals surface area (Å²) < 4.78 is 40.6. The summed E-state index contributed by atoms with van der Waals surface area (Å²) in [5.41, 5.74) is 6.69. The minimum Gasteiger partial charge on any atom is -0.324 e. The van der Waals surface area contributed by atoms with Crippen LogP contribution in [-0.2, 0) is 6.42 Å². The van der Waals surface area contributed by atoms with Crippen LogP contribution in [0.2, 0.25) is 5.02 Å². The van der Waals surface area contributed by atoms with E-state index in [2.05, 4.69) is 0 Å². The first-order valence-electron chi connectivity index (χ1n) is 6.03. The van der Waals surface area contributed by atoms with Crippen LogP contribution >= 0.6 is 11.6 Å². The number of hydrogen-bond donors (Lipinski definition) is 1. The van der Waals surface area contributed by atoms with Gasteiger partial charge in [0.05, 0.1) is 0 Å². The molecule has 2 aromatic carbocycles. The molecule has 0 amide bonds. The summed E-state index contributed by atoms with van der Waals surface area (Å²) in [6.45, 7) is 1.52. The van der Waals surface area contributed by atoms with Gasteiger partial charge in [-0.1, -0.05) is 17.7 Å². The van der Waals surface area contributed by atoms with Crippen molar-refractivity contribution in [2.75, 3.05) is 0 Å². The third-order valence-electron chi connectivity index (χ3n) is 3.13. The van der Waals surface area contributed by atoms with E-state index in [1.165, 1.54) is 25.1 Å². The number of nitrogens with two attached hydrogens (primary N) is 1. The van der Waals surface area contributed by atoms with Crippen molar-refractivity contribution in [1.29, 1.82) is 0 Å². The van der Waals surface area contributed by atoms with Crippen molar-refractivity contribution in [2.45, 2.75) is 19.4 Å². The highest BCUT2D eigenvalue weighted by atomic mass is 35.5. The number of benzene rings is 2. The molecule has 0 saturated carbocycles. The highest BCUT2D eigenvalue weighted by Crippen LogP contribution is 2.24. The quantitative estimate of drug-likeness (QED) is 0.898. The van der Waals surface area contributed by atoms with Gasteiger partial charge in [-0.05, 0) is 42.7 Å². The van der Waals surface area contributed by atoms with Gasteiger partial charge < -0.3 is 5.73 Å². The molecular formula is C15H13ClF3N. The lowest BCUT2D eigenvalue weighted by Gasteiger charge is -2.15. The SMILES string of the molecule is Cc1cc(C(N)Cc2ccc(Cl)cc2F)c(F)cc1F. The first kappa shape index (κ1) is 14.9. The van der Waals surface area contributed by atoms with Crippen LogP contribution in [0.1, 0.15) is 22.7 Å². The van der Waals surface area contributed by atoms with Crippen molar-refractivity contribution in [2.24, 2.45) is 5.73 Å². The van der Waals surface area contributed by atoms with E-state index >= 15 is 0 Å². The molecule has 106 valence electrons. The molecule has 0 fully saturated rings. The minimum atomic E-state index is -0.759. The molecule has 5 heteroatoms. The van der Waals surface area contributed by atoms with Gasteiger partial charge in [0.15, 0.2) is 0 Å². The van der Waals surface area contributed by atoms with Gasteiger partial charge in [0.1, 0.15) is 17.5 Å². The summed E-state index contributed by atoms with van der Waals surface area (Å²) in [5, 5.41) is 0.281. The van der Waals surface area contributed by atoms with E-state index in [-0.39, 0.29) is 17.0 Å². The monoisotopic (exact) mass is 299 g/mol. The maximum Gasteiger partial charge on any atom is 0.130 e. The Morgan fingerprint density at radius 2 is 1.75 bits per heavy atom. The first-order valence-corrected chi connectivity index (χ1v) is 6.41. The van der Waals surface area contributed by atoms with Gasteiger partial charge in [0, 0.05) is 22.7 Å². The zero-order valence-electron chi connectivity index (χ0n) is 10.8. The van der Waals surface area contributed by atoms with Crippen LogP contribution < -0.4 is 5.73 Å². The van der Waals surface area contributed by atoms with Crippen LogP contribution in [0.5, 0.6) is 0 Å². The molecule has 2 rings (SSSR count). The van der Waals surface area contributed by atoms with Crippen molar-refractivity contribution in [1.82, 2.24) is 0 Å². The van der Waals surface area contributed by atoms with Crippen LogP contribution in [0.4, 0.5) is 13.2 Å². The molecule has 0 aromatic heterocycles. The van der Waals surface area contributed by atoms with E-state index in [9.17, 15) is 13.2 Å². The van der Waals surface area contributed by atoms with Gasteiger partial charge in [-0.15, -0.1) is 0 Å². The van der Waals surface area contributed by atoms with E-state index in [1.807, 2.05) is 0 Å². The highest BCUT2D eigenvalue weighted by Gasteiger charge is 2.16. The number of rotatable bonds is 3. The van der Waals surface area contributed by atoms with Crippen molar-refractivity contribution >= 4 is 11.6 Å². The molecule has 0 spiro atoms. The van der Waals surface area contributed by atoms with Crippen LogP contribution in [0.3, 0.4) is 0 Å². The molecule has 1 atom stereocenters. The molecule has 0 radical (unpaired) electrons. The van der Waals surface area contributed by atoms with Crippen LogP contribution in [0, 0.1) is 24.4 Å². The molecular weight excluding hydrogens is 287 g/mol. The Morgan fingerprint density at radius 3 is 2.40 bits per heavy atom. The molecule has 20 heavy (non-hydrogen) atoms. The second-order valence-corrected chi connectivity index (χ2v) is 5.11. The molecule has 0 heterocycles. The summed E-state index contributed by atoms with van der Waals surface area (Å²) >= 11 is 5.66. The summed E-state index contributed by atoms with van der Waals surface area (Å²) in [6.07, 6.45) is 0.102. The average Bonchev–Trinajstić information content (AvgIpc) is 2.37. The fraction of sp³-hybridized carbons (Fsp3) is 0.200. The molecule has 0 aliphatic rings. The van der Waals surface area contributed by atoms with Crippen molar-refractivity contribution in [3.63, 3.8) is 0 Å². The largest absolute Gasteiger partial charge is 0.324 e. The number of hydrogen-bond acceptors (Lipinski definition) is 1. The smallest absolute Gasteiger partial charge is 0.130 e. The van der Waals surface area contributed by atoms with Crippen molar-refractivity contribution < 1.29 is 13.2 Å². The Labute approximate surface area is 120 Å². The van der Waals surface area contributed by atoms with E-state index in [4.69, 9.17) is 17.3 Å². The standard InChI is InChI=1S/C15H13ClF3N/c1-8-4-11(14(19)7-12(8)17)15(20)5-9-2-3-10(16)6-13(9)18/h2-4,6-7,15H,5,20H2,1H3. The van der Waals surface area contributed by atoms with Crippen molar-refractivity contribution in [3.8, 4) is 0 Å². The zero-order valence-corrected chi connectivity index (χ0v) is 11.5. The van der Waals surface area contributed by atoms with Crippen molar-refractivity contribution in [3.05, 3.63) is 69.5 Å². The summed E-state index contributed by atoms with van der Waals surface area (Å²) in [5.74, 6) is -1.85. The molecule has 0 saturated heterocycles. The van der Waals surface area contributed by atoms with Crippen LogP contribution in [0.25, 0.3) is 0 Å². The van der Waals surface area contributed by atoms with Gasteiger partial charge in [-0.2, -0.15) is 0 Å². The third kappa shape index (κ3) is 3.14. The molecule has 2 aromatic rings. The van der Waals surface area contributed by atoms with Gasteiger partial charge in [0.2, 0.25) is 0 Å². The Kier molecular flexibility index (Phi) is 4.35. The van der Waals surface area contributed by atoms with E-state index in [1.54, 1.807) is 6.07 Å². The second kappa shape index (κ2) is 5.85. The molecule has 0 aliphatic carbocycles. The Bertz CT molecular complexity index is 643. The predicted molar refractivity (Wildman–Crippen MR) is 73.1 cm³/mol. The highest BCUT2D eigenvalue weighted by molar-refractivity contribution is 6.30. The molecule has 2 N–H and O–H groups in total. The van der Waals surface area contributed by atoms with Gasteiger partial charge >= 0.3 is 0 Å². The molecule has 1 nitrogen and oxygen atoms in total. The van der Waals surface area contributed by atoms with Gasteiger partial charge in [-0.3, -0.25) is 0 Å². The molecule has 0 aliphatic heterocycles. The van der Waals surface area contributed by atoms with Gasteiger partial charge in [0.25, 0.3) is 0 Å². The number of halogens is 4. The lowest BCUT2D eigenvalue weighted by Crippen LogP contribution is -2.16. The maximum absolute atomic E-state index is 13.7. The van der Waals surface area contributed by atoms with Crippen LogP contribution in [0.15, 0.2) is 30.3 Å².